The van der Waals surface area contributed by atoms with Crippen LogP contribution >= 0.6 is 0 Å². The lowest BCUT2D eigenvalue weighted by atomic mass is 9.68. The Balaban J connectivity index is 1.36. The molecule has 2 aliphatic rings. The molecule has 2 heteroatoms. The van der Waals surface area contributed by atoms with Crippen LogP contribution in [-0.4, -0.2) is 0 Å². The average Bonchev–Trinajstić information content (AvgIpc) is 2.70. The number of fused-ring (bicyclic) bond motifs is 1. The summed E-state index contributed by atoms with van der Waals surface area (Å²) in [4.78, 5) is 0. The van der Waals surface area contributed by atoms with Gasteiger partial charge in [-0.15, -0.1) is 0 Å². The van der Waals surface area contributed by atoms with E-state index in [-0.39, 0.29) is 0 Å². The largest absolute Gasteiger partial charge is 0.204 e. The van der Waals surface area contributed by atoms with Crippen molar-refractivity contribution in [2.75, 3.05) is 0 Å². The van der Waals surface area contributed by atoms with Crippen LogP contribution in [0.2, 0.25) is 0 Å². The molecule has 0 atom stereocenters. The average molecular weight is 371 g/mol. The van der Waals surface area contributed by atoms with Crippen LogP contribution in [0.15, 0.2) is 30.3 Å². The minimum Gasteiger partial charge on any atom is -0.204 e. The lowest BCUT2D eigenvalue weighted by molar-refractivity contribution is 0.156. The first-order valence-electron chi connectivity index (χ1n) is 11.0. The molecule has 2 aliphatic carbocycles. The van der Waals surface area contributed by atoms with E-state index in [0.29, 0.717) is 5.92 Å². The summed E-state index contributed by atoms with van der Waals surface area (Å²) in [5.74, 6) is 1.93. The van der Waals surface area contributed by atoms with Gasteiger partial charge in [-0.25, -0.2) is 8.78 Å². The van der Waals surface area contributed by atoms with Gasteiger partial charge in [0, 0.05) is 0 Å². The fourth-order valence-corrected chi connectivity index (χ4v) is 5.80. The van der Waals surface area contributed by atoms with Crippen molar-refractivity contribution in [3.05, 3.63) is 47.5 Å². The molecule has 0 N–H and O–H groups in total. The second kappa shape index (κ2) is 8.29. The van der Waals surface area contributed by atoms with Crippen molar-refractivity contribution in [3.8, 4) is 0 Å². The summed E-state index contributed by atoms with van der Waals surface area (Å²) < 4.78 is 27.0. The first kappa shape index (κ1) is 18.9. The summed E-state index contributed by atoms with van der Waals surface area (Å²) in [5.41, 5.74) is 1.30. The maximum absolute atomic E-state index is 13.6. The summed E-state index contributed by atoms with van der Waals surface area (Å²) in [6.07, 6.45) is 13.7. The quantitative estimate of drug-likeness (QED) is 0.511. The van der Waals surface area contributed by atoms with Gasteiger partial charge in [0.15, 0.2) is 11.6 Å². The molecule has 0 amide bonds. The number of rotatable bonds is 4. The summed E-state index contributed by atoms with van der Waals surface area (Å²) in [6.45, 7) is 2.31. The van der Waals surface area contributed by atoms with E-state index in [1.165, 1.54) is 81.9 Å². The molecule has 2 saturated carbocycles. The van der Waals surface area contributed by atoms with Gasteiger partial charge in [0.2, 0.25) is 0 Å². The van der Waals surface area contributed by atoms with E-state index in [0.717, 1.165) is 28.5 Å². The topological polar surface area (TPSA) is 0 Å². The molecule has 2 fully saturated rings. The van der Waals surface area contributed by atoms with Crippen molar-refractivity contribution in [1.29, 1.82) is 0 Å². The second-order valence-corrected chi connectivity index (χ2v) is 9.05. The van der Waals surface area contributed by atoms with Gasteiger partial charge in [0.1, 0.15) is 0 Å². The van der Waals surface area contributed by atoms with Gasteiger partial charge in [-0.3, -0.25) is 0 Å². The zero-order valence-corrected chi connectivity index (χ0v) is 16.5. The Bertz CT molecular complexity index is 765. The summed E-state index contributed by atoms with van der Waals surface area (Å²) in [6, 6.07) is 8.81. The van der Waals surface area contributed by atoms with Gasteiger partial charge >= 0.3 is 0 Å². The number of hydrogen-bond donors (Lipinski definition) is 0. The summed E-state index contributed by atoms with van der Waals surface area (Å²) in [5, 5.41) is 1.61. The van der Waals surface area contributed by atoms with Crippen LogP contribution in [0.25, 0.3) is 10.8 Å². The SMILES string of the molecule is CCCC1CCC(C2CCC(c3ccc4cc(F)c(F)cc4c3)CC2)CC1. The van der Waals surface area contributed by atoms with E-state index in [4.69, 9.17) is 0 Å². The van der Waals surface area contributed by atoms with Crippen LogP contribution in [0.5, 0.6) is 0 Å². The highest BCUT2D eigenvalue weighted by molar-refractivity contribution is 5.83. The van der Waals surface area contributed by atoms with Crippen LogP contribution in [0.4, 0.5) is 8.78 Å². The molecule has 0 bridgehead atoms. The Labute approximate surface area is 162 Å². The van der Waals surface area contributed by atoms with E-state index < -0.39 is 11.6 Å². The maximum atomic E-state index is 13.6. The highest BCUT2D eigenvalue weighted by atomic mass is 19.2. The molecule has 0 spiro atoms. The minimum atomic E-state index is -0.760. The molecule has 2 aromatic rings. The normalized spacial score (nSPS) is 29.1. The monoisotopic (exact) mass is 370 g/mol. The van der Waals surface area contributed by atoms with E-state index >= 15 is 0 Å². The van der Waals surface area contributed by atoms with Crippen molar-refractivity contribution in [2.45, 2.75) is 77.0 Å². The molecule has 0 aromatic heterocycles. The molecule has 146 valence electrons. The lowest BCUT2D eigenvalue weighted by Gasteiger charge is -2.38. The smallest absolute Gasteiger partial charge is 0.159 e. The van der Waals surface area contributed by atoms with Gasteiger partial charge in [0.05, 0.1) is 0 Å². The molecule has 0 unspecified atom stereocenters. The minimum absolute atomic E-state index is 0.579. The van der Waals surface area contributed by atoms with Gasteiger partial charge in [-0.2, -0.15) is 0 Å². The third-order valence-electron chi connectivity index (χ3n) is 7.40. The van der Waals surface area contributed by atoms with Crippen LogP contribution in [-0.2, 0) is 0 Å². The van der Waals surface area contributed by atoms with Crippen molar-refractivity contribution in [1.82, 2.24) is 0 Å². The molecule has 0 saturated heterocycles. The zero-order chi connectivity index (χ0) is 18.8. The highest BCUT2D eigenvalue weighted by Gasteiger charge is 2.31. The van der Waals surface area contributed by atoms with Crippen molar-refractivity contribution in [2.24, 2.45) is 17.8 Å². The molecule has 4 rings (SSSR count). The number of benzene rings is 2. The van der Waals surface area contributed by atoms with Crippen molar-refractivity contribution >= 4 is 10.8 Å². The highest BCUT2D eigenvalue weighted by Crippen LogP contribution is 2.44. The van der Waals surface area contributed by atoms with E-state index in [1.54, 1.807) is 0 Å². The predicted octanol–water partition coefficient (Wildman–Crippen LogP) is 8.00. The summed E-state index contributed by atoms with van der Waals surface area (Å²) >= 11 is 0. The van der Waals surface area contributed by atoms with Gasteiger partial charge in [-0.05, 0) is 90.7 Å². The molecule has 0 nitrogen and oxygen atoms in total. The Morgan fingerprint density at radius 1 is 0.741 bits per heavy atom. The van der Waals surface area contributed by atoms with Crippen LogP contribution in [0.1, 0.15) is 82.6 Å². The van der Waals surface area contributed by atoms with Gasteiger partial charge < -0.3 is 0 Å². The molecule has 27 heavy (non-hydrogen) atoms. The first-order valence-corrected chi connectivity index (χ1v) is 11.0. The Kier molecular flexibility index (Phi) is 5.80. The van der Waals surface area contributed by atoms with Crippen molar-refractivity contribution in [3.63, 3.8) is 0 Å². The molecule has 0 aliphatic heterocycles. The molecular weight excluding hydrogens is 338 g/mol. The predicted molar refractivity (Wildman–Crippen MR) is 109 cm³/mol. The van der Waals surface area contributed by atoms with Crippen molar-refractivity contribution < 1.29 is 8.78 Å². The Hall–Kier alpha value is -1.44. The molecular formula is C25H32F2. The Morgan fingerprint density at radius 3 is 1.96 bits per heavy atom. The van der Waals surface area contributed by atoms with Crippen LogP contribution in [0, 0.1) is 29.4 Å². The van der Waals surface area contributed by atoms with E-state index in [2.05, 4.69) is 19.1 Å². The van der Waals surface area contributed by atoms with E-state index in [1.807, 2.05) is 6.07 Å². The molecule has 0 radical (unpaired) electrons. The van der Waals surface area contributed by atoms with Gasteiger partial charge in [0.25, 0.3) is 0 Å². The fraction of sp³-hybridized carbons (Fsp3) is 0.600. The molecule has 2 aromatic carbocycles. The van der Waals surface area contributed by atoms with Crippen LogP contribution < -0.4 is 0 Å². The number of halogens is 2. The third-order valence-corrected chi connectivity index (χ3v) is 7.40. The van der Waals surface area contributed by atoms with Crippen LogP contribution in [0.3, 0.4) is 0 Å². The standard InChI is InChI=1S/C25H32F2/c1-2-3-17-4-6-18(7-5-17)19-8-10-20(11-9-19)21-12-13-22-15-24(26)25(27)16-23(22)14-21/h12-20H,2-11H2,1H3. The zero-order valence-electron chi connectivity index (χ0n) is 16.5. The number of hydrogen-bond acceptors (Lipinski definition) is 0. The second-order valence-electron chi connectivity index (χ2n) is 9.05. The maximum Gasteiger partial charge on any atom is 0.159 e. The van der Waals surface area contributed by atoms with Gasteiger partial charge in [-0.1, -0.05) is 50.8 Å². The Morgan fingerprint density at radius 2 is 1.33 bits per heavy atom. The third kappa shape index (κ3) is 4.20. The fourth-order valence-electron chi connectivity index (χ4n) is 5.80. The van der Waals surface area contributed by atoms with E-state index in [9.17, 15) is 8.78 Å². The summed E-state index contributed by atoms with van der Waals surface area (Å²) in [7, 11) is 0. The molecule has 0 heterocycles. The first-order chi connectivity index (χ1) is 13.1. The lowest BCUT2D eigenvalue weighted by Crippen LogP contribution is -2.25.